The van der Waals surface area contributed by atoms with Gasteiger partial charge in [-0.15, -0.1) is 5.10 Å². The number of Topliss-reactive ketones (excluding diaryl/α,β-unsaturated/α-hetero) is 1. The van der Waals surface area contributed by atoms with Crippen LogP contribution >= 0.6 is 23.4 Å². The summed E-state index contributed by atoms with van der Waals surface area (Å²) in [5.74, 6) is 2.55. The van der Waals surface area contributed by atoms with Crippen molar-refractivity contribution in [3.63, 3.8) is 0 Å². The average Bonchev–Trinajstić information content (AvgIpc) is 3.23. The molecule has 1 atom stereocenters. The zero-order chi connectivity index (χ0) is 22.9. The van der Waals surface area contributed by atoms with Crippen molar-refractivity contribution in [1.82, 2.24) is 19.6 Å². The topological polar surface area (TPSA) is 78.6 Å². The van der Waals surface area contributed by atoms with Crippen molar-refractivity contribution in [3.8, 4) is 11.5 Å². The Morgan fingerprint density at radius 3 is 2.76 bits per heavy atom. The smallest absolute Gasteiger partial charge is 0.253 e. The van der Waals surface area contributed by atoms with Crippen molar-refractivity contribution in [3.05, 3.63) is 76.1 Å². The maximum atomic E-state index is 13.0. The molecule has 7 nitrogen and oxygen atoms in total. The number of aromatic nitrogens is 4. The van der Waals surface area contributed by atoms with Crippen LogP contribution in [0.15, 0.2) is 53.8 Å². The number of rotatable bonds is 6. The van der Waals surface area contributed by atoms with Gasteiger partial charge in [-0.1, -0.05) is 47.6 Å². The zero-order valence-corrected chi connectivity index (χ0v) is 19.7. The number of methoxy groups -OCH3 is 2. The number of ketones is 1. The van der Waals surface area contributed by atoms with E-state index in [0.717, 1.165) is 16.8 Å². The van der Waals surface area contributed by atoms with Crippen molar-refractivity contribution < 1.29 is 14.3 Å². The molecule has 1 unspecified atom stereocenters. The van der Waals surface area contributed by atoms with Gasteiger partial charge in [-0.3, -0.25) is 4.79 Å². The minimum atomic E-state index is -0.0298. The molecule has 0 saturated heterocycles. The SMILES string of the molecule is COc1ccc(C2CC(=O)c3cn4nc(SCc5ccccc5Cl)nc4nc3C2)c(OC)c1. The number of thioether (sulfide) groups is 1. The van der Waals surface area contributed by atoms with E-state index < -0.39 is 0 Å². The third kappa shape index (κ3) is 4.28. The number of carbonyl (C=O) groups is 1. The molecule has 168 valence electrons. The van der Waals surface area contributed by atoms with Gasteiger partial charge in [0, 0.05) is 35.4 Å². The number of ether oxygens (including phenoxy) is 2. The molecule has 1 aliphatic carbocycles. The summed E-state index contributed by atoms with van der Waals surface area (Å²) < 4.78 is 12.4. The molecule has 33 heavy (non-hydrogen) atoms. The fraction of sp³-hybridized carbons (Fsp3) is 0.250. The van der Waals surface area contributed by atoms with E-state index in [2.05, 4.69) is 15.1 Å². The number of halogens is 1. The zero-order valence-electron chi connectivity index (χ0n) is 18.1. The second-order valence-electron chi connectivity index (χ2n) is 7.76. The quantitative estimate of drug-likeness (QED) is 0.359. The van der Waals surface area contributed by atoms with Crippen LogP contribution in [0.3, 0.4) is 0 Å². The predicted octanol–water partition coefficient (Wildman–Crippen LogP) is 5.00. The maximum absolute atomic E-state index is 13.0. The number of hydrogen-bond acceptors (Lipinski definition) is 7. The van der Waals surface area contributed by atoms with E-state index in [1.165, 1.54) is 11.8 Å². The van der Waals surface area contributed by atoms with Crippen LogP contribution < -0.4 is 9.47 Å². The molecule has 0 amide bonds. The van der Waals surface area contributed by atoms with Crippen LogP contribution in [-0.2, 0) is 12.2 Å². The van der Waals surface area contributed by atoms with Crippen LogP contribution in [0.25, 0.3) is 5.78 Å². The van der Waals surface area contributed by atoms with Crippen molar-refractivity contribution in [1.29, 1.82) is 0 Å². The van der Waals surface area contributed by atoms with Crippen molar-refractivity contribution in [2.75, 3.05) is 14.2 Å². The minimum Gasteiger partial charge on any atom is -0.497 e. The van der Waals surface area contributed by atoms with Crippen LogP contribution in [0.2, 0.25) is 5.02 Å². The summed E-state index contributed by atoms with van der Waals surface area (Å²) in [7, 11) is 3.24. The molecule has 0 bridgehead atoms. The summed E-state index contributed by atoms with van der Waals surface area (Å²) in [5.41, 5.74) is 3.31. The number of fused-ring (bicyclic) bond motifs is 2. The Hall–Kier alpha value is -3.10. The molecule has 1 aliphatic rings. The lowest BCUT2D eigenvalue weighted by Gasteiger charge is -2.24. The predicted molar refractivity (Wildman–Crippen MR) is 127 cm³/mol. The minimum absolute atomic E-state index is 0.0298. The Morgan fingerprint density at radius 2 is 1.97 bits per heavy atom. The van der Waals surface area contributed by atoms with Crippen LogP contribution in [0.5, 0.6) is 11.5 Å². The van der Waals surface area contributed by atoms with Crippen LogP contribution in [0.4, 0.5) is 0 Å². The number of benzene rings is 2. The maximum Gasteiger partial charge on any atom is 0.253 e. The first-order valence-corrected chi connectivity index (χ1v) is 11.8. The normalized spacial score (nSPS) is 15.5. The molecule has 0 radical (unpaired) electrons. The van der Waals surface area contributed by atoms with Crippen molar-refractivity contribution >= 4 is 34.9 Å². The summed E-state index contributed by atoms with van der Waals surface area (Å²) in [6.45, 7) is 0. The van der Waals surface area contributed by atoms with Gasteiger partial charge in [0.2, 0.25) is 5.16 Å². The molecule has 5 rings (SSSR count). The van der Waals surface area contributed by atoms with Gasteiger partial charge in [0.05, 0.1) is 25.5 Å². The molecule has 4 aromatic rings. The van der Waals surface area contributed by atoms with E-state index in [0.29, 0.717) is 51.6 Å². The molecule has 2 aromatic carbocycles. The standard InChI is InChI=1S/C24H21ClN4O3S/c1-31-16-7-8-17(22(11-16)32-2)15-9-20-18(21(30)10-15)12-29-23(26-20)27-24(28-29)33-13-14-5-3-4-6-19(14)25/h3-8,11-12,15H,9-10,13H2,1-2H3. The first kappa shape index (κ1) is 21.7. The molecule has 2 aromatic heterocycles. The summed E-state index contributed by atoms with van der Waals surface area (Å²) in [6.07, 6.45) is 2.74. The second-order valence-corrected chi connectivity index (χ2v) is 9.11. The van der Waals surface area contributed by atoms with Gasteiger partial charge >= 0.3 is 0 Å². The third-order valence-electron chi connectivity index (χ3n) is 5.76. The lowest BCUT2D eigenvalue weighted by Crippen LogP contribution is -2.21. The number of hydrogen-bond donors (Lipinski definition) is 0. The van der Waals surface area contributed by atoms with Crippen LogP contribution in [0.1, 0.15) is 39.5 Å². The average molecular weight is 481 g/mol. The largest absolute Gasteiger partial charge is 0.497 e. The summed E-state index contributed by atoms with van der Waals surface area (Å²) in [4.78, 5) is 22.2. The van der Waals surface area contributed by atoms with Gasteiger partial charge in [0.15, 0.2) is 5.78 Å². The summed E-state index contributed by atoms with van der Waals surface area (Å²) >= 11 is 7.73. The van der Waals surface area contributed by atoms with Gasteiger partial charge in [0.1, 0.15) is 11.5 Å². The van der Waals surface area contributed by atoms with Crippen LogP contribution in [0, 0.1) is 0 Å². The number of nitrogens with zero attached hydrogens (tertiary/aromatic N) is 4. The molecule has 0 N–H and O–H groups in total. The second kappa shape index (κ2) is 9.03. The first-order chi connectivity index (χ1) is 16.1. The first-order valence-electron chi connectivity index (χ1n) is 10.4. The fourth-order valence-corrected chi connectivity index (χ4v) is 5.17. The van der Waals surface area contributed by atoms with Crippen LogP contribution in [-0.4, -0.2) is 39.6 Å². The van der Waals surface area contributed by atoms with E-state index in [1.54, 1.807) is 24.9 Å². The van der Waals surface area contributed by atoms with E-state index in [-0.39, 0.29) is 11.7 Å². The Kier molecular flexibility index (Phi) is 5.95. The Labute approximate surface area is 200 Å². The lowest BCUT2D eigenvalue weighted by molar-refractivity contribution is 0.0962. The summed E-state index contributed by atoms with van der Waals surface area (Å²) in [6, 6.07) is 13.4. The molecule has 0 aliphatic heterocycles. The van der Waals surface area contributed by atoms with Gasteiger partial charge < -0.3 is 9.47 Å². The highest BCUT2D eigenvalue weighted by molar-refractivity contribution is 7.98. The Bertz CT molecular complexity index is 1360. The summed E-state index contributed by atoms with van der Waals surface area (Å²) in [5, 5.41) is 5.80. The van der Waals surface area contributed by atoms with Gasteiger partial charge in [0.25, 0.3) is 5.78 Å². The fourth-order valence-electron chi connectivity index (χ4n) is 4.06. The number of carbonyl (C=O) groups excluding carboxylic acids is 1. The Morgan fingerprint density at radius 1 is 1.12 bits per heavy atom. The highest BCUT2D eigenvalue weighted by atomic mass is 35.5. The molecule has 0 saturated carbocycles. The van der Waals surface area contributed by atoms with E-state index >= 15 is 0 Å². The molecule has 9 heteroatoms. The Balaban J connectivity index is 1.42. The monoisotopic (exact) mass is 480 g/mol. The molecule has 0 fully saturated rings. The van der Waals surface area contributed by atoms with Gasteiger partial charge in [-0.05, 0) is 29.7 Å². The highest BCUT2D eigenvalue weighted by Gasteiger charge is 2.30. The molecule has 0 spiro atoms. The molecular formula is C24H21ClN4O3S. The van der Waals surface area contributed by atoms with E-state index in [1.807, 2.05) is 42.5 Å². The molecule has 2 heterocycles. The van der Waals surface area contributed by atoms with Crippen molar-refractivity contribution in [2.24, 2.45) is 0 Å². The third-order valence-corrected chi connectivity index (χ3v) is 7.01. The highest BCUT2D eigenvalue weighted by Crippen LogP contribution is 2.38. The van der Waals surface area contributed by atoms with E-state index in [9.17, 15) is 4.79 Å². The van der Waals surface area contributed by atoms with Gasteiger partial charge in [-0.2, -0.15) is 4.98 Å². The van der Waals surface area contributed by atoms with E-state index in [4.69, 9.17) is 21.1 Å². The van der Waals surface area contributed by atoms with Gasteiger partial charge in [-0.25, -0.2) is 9.50 Å². The lowest BCUT2D eigenvalue weighted by atomic mass is 9.82. The molecular weight excluding hydrogens is 460 g/mol. The van der Waals surface area contributed by atoms with Crippen molar-refractivity contribution in [2.45, 2.75) is 29.7 Å².